The Kier molecular flexibility index (Phi) is 5.94. The molecule has 0 spiro atoms. The molecule has 0 aliphatic rings. The van der Waals surface area contributed by atoms with Gasteiger partial charge in [-0.25, -0.2) is 12.8 Å². The van der Waals surface area contributed by atoms with Crippen LogP contribution in [0.3, 0.4) is 0 Å². The van der Waals surface area contributed by atoms with Crippen LogP contribution in [0.1, 0.15) is 19.8 Å². The number of anilines is 1. The highest BCUT2D eigenvalue weighted by Gasteiger charge is 2.23. The number of nitrogens with one attached hydrogen (secondary N) is 1. The van der Waals surface area contributed by atoms with E-state index in [1.165, 1.54) is 18.2 Å². The van der Waals surface area contributed by atoms with Gasteiger partial charge in [-0.05, 0) is 18.6 Å². The number of carbonyl (C=O) groups excluding carboxylic acids is 1. The van der Waals surface area contributed by atoms with Crippen molar-refractivity contribution in [2.45, 2.75) is 19.8 Å². The highest BCUT2D eigenvalue weighted by atomic mass is 32.2. The lowest BCUT2D eigenvalue weighted by Crippen LogP contribution is -2.41. The fourth-order valence-electron chi connectivity index (χ4n) is 1.63. The molecule has 1 N–H and O–H groups in total. The Balaban J connectivity index is 2.88. The van der Waals surface area contributed by atoms with E-state index in [1.807, 2.05) is 6.92 Å². The lowest BCUT2D eigenvalue weighted by molar-refractivity contribution is -0.119. The van der Waals surface area contributed by atoms with Gasteiger partial charge < -0.3 is 5.32 Å². The minimum atomic E-state index is -3.73. The normalized spacial score (nSPS) is 11.2. The number of nitrogens with zero attached hydrogens (tertiary/aromatic N) is 1. The third kappa shape index (κ3) is 4.80. The zero-order chi connectivity index (χ0) is 15.2. The number of hydrogen-bond donors (Lipinski definition) is 1. The van der Waals surface area contributed by atoms with E-state index in [4.69, 9.17) is 0 Å². The number of amides is 1. The predicted molar refractivity (Wildman–Crippen MR) is 76.5 cm³/mol. The van der Waals surface area contributed by atoms with Gasteiger partial charge in [0.2, 0.25) is 15.9 Å². The average Bonchev–Trinajstić information content (AvgIpc) is 2.36. The lowest BCUT2D eigenvalue weighted by atomic mass is 10.3. The first-order chi connectivity index (χ1) is 9.36. The minimum absolute atomic E-state index is 0.124. The van der Waals surface area contributed by atoms with Gasteiger partial charge in [0.25, 0.3) is 0 Å². The first-order valence-electron chi connectivity index (χ1n) is 6.35. The van der Waals surface area contributed by atoms with Crippen molar-refractivity contribution in [2.24, 2.45) is 0 Å². The summed E-state index contributed by atoms with van der Waals surface area (Å²) in [5.41, 5.74) is -0.124. The lowest BCUT2D eigenvalue weighted by Gasteiger charge is -2.22. The van der Waals surface area contributed by atoms with Crippen molar-refractivity contribution in [3.05, 3.63) is 30.1 Å². The molecule has 0 aliphatic heterocycles. The van der Waals surface area contributed by atoms with Crippen LogP contribution in [-0.4, -0.2) is 33.7 Å². The van der Waals surface area contributed by atoms with Gasteiger partial charge in [0.05, 0.1) is 11.9 Å². The van der Waals surface area contributed by atoms with Crippen LogP contribution in [0.25, 0.3) is 0 Å². The van der Waals surface area contributed by atoms with Crippen molar-refractivity contribution in [2.75, 3.05) is 23.7 Å². The van der Waals surface area contributed by atoms with E-state index in [0.29, 0.717) is 6.54 Å². The van der Waals surface area contributed by atoms with Gasteiger partial charge in [-0.15, -0.1) is 0 Å². The van der Waals surface area contributed by atoms with Crippen LogP contribution in [0.2, 0.25) is 0 Å². The molecule has 7 heteroatoms. The van der Waals surface area contributed by atoms with Crippen LogP contribution in [0.5, 0.6) is 0 Å². The zero-order valence-corrected chi connectivity index (χ0v) is 12.4. The molecule has 20 heavy (non-hydrogen) atoms. The van der Waals surface area contributed by atoms with Crippen molar-refractivity contribution in [3.8, 4) is 0 Å². The van der Waals surface area contributed by atoms with E-state index in [0.717, 1.165) is 29.5 Å². The number of para-hydroxylation sites is 1. The Morgan fingerprint density at radius 3 is 2.55 bits per heavy atom. The maximum absolute atomic E-state index is 13.7. The number of benzene rings is 1. The first kappa shape index (κ1) is 16.4. The van der Waals surface area contributed by atoms with Crippen LogP contribution in [0.15, 0.2) is 24.3 Å². The SMILES string of the molecule is CCCCNC(=O)CN(c1ccccc1F)S(C)(=O)=O. The van der Waals surface area contributed by atoms with Gasteiger partial charge in [0.15, 0.2) is 0 Å². The summed E-state index contributed by atoms with van der Waals surface area (Å²) in [6.45, 7) is 2.03. The van der Waals surface area contributed by atoms with Crippen molar-refractivity contribution in [3.63, 3.8) is 0 Å². The molecule has 0 heterocycles. The largest absolute Gasteiger partial charge is 0.355 e. The molecule has 0 aromatic heterocycles. The number of halogens is 1. The Labute approximate surface area is 118 Å². The zero-order valence-electron chi connectivity index (χ0n) is 11.6. The molecular weight excluding hydrogens is 283 g/mol. The molecule has 0 atom stereocenters. The summed E-state index contributed by atoms with van der Waals surface area (Å²) in [5.74, 6) is -1.13. The first-order valence-corrected chi connectivity index (χ1v) is 8.20. The summed E-state index contributed by atoms with van der Waals surface area (Å²) >= 11 is 0. The van der Waals surface area contributed by atoms with Crippen LogP contribution in [-0.2, 0) is 14.8 Å². The molecule has 0 bridgehead atoms. The minimum Gasteiger partial charge on any atom is -0.355 e. The Morgan fingerprint density at radius 1 is 1.35 bits per heavy atom. The molecular formula is C13H19FN2O3S. The topological polar surface area (TPSA) is 66.5 Å². The molecule has 1 amide bonds. The molecule has 5 nitrogen and oxygen atoms in total. The molecule has 0 radical (unpaired) electrons. The van der Waals surface area contributed by atoms with Gasteiger partial charge >= 0.3 is 0 Å². The van der Waals surface area contributed by atoms with Crippen molar-refractivity contribution >= 4 is 21.6 Å². The summed E-state index contributed by atoms with van der Waals surface area (Å²) < 4.78 is 37.9. The second-order valence-corrected chi connectivity index (χ2v) is 6.33. The molecule has 1 rings (SSSR count). The third-order valence-electron chi connectivity index (χ3n) is 2.66. The molecule has 0 saturated carbocycles. The van der Waals surface area contributed by atoms with Gasteiger partial charge in [-0.3, -0.25) is 9.10 Å². The van der Waals surface area contributed by atoms with Gasteiger partial charge in [-0.1, -0.05) is 25.5 Å². The van der Waals surface area contributed by atoms with Crippen LogP contribution in [0.4, 0.5) is 10.1 Å². The molecule has 1 aromatic carbocycles. The monoisotopic (exact) mass is 302 g/mol. The smallest absolute Gasteiger partial charge is 0.240 e. The number of unbranched alkanes of at least 4 members (excludes halogenated alkanes) is 1. The summed E-state index contributed by atoms with van der Waals surface area (Å²) in [4.78, 5) is 11.7. The number of carbonyl (C=O) groups is 1. The second kappa shape index (κ2) is 7.23. The van der Waals surface area contributed by atoms with Crippen molar-refractivity contribution < 1.29 is 17.6 Å². The third-order valence-corrected chi connectivity index (χ3v) is 3.79. The Hall–Kier alpha value is -1.63. The van der Waals surface area contributed by atoms with E-state index in [9.17, 15) is 17.6 Å². The number of hydrogen-bond acceptors (Lipinski definition) is 3. The summed E-state index contributed by atoms with van der Waals surface area (Å²) in [6.07, 6.45) is 2.67. The summed E-state index contributed by atoms with van der Waals surface area (Å²) in [6, 6.07) is 5.46. The maximum Gasteiger partial charge on any atom is 0.240 e. The highest BCUT2D eigenvalue weighted by molar-refractivity contribution is 7.92. The molecule has 0 aliphatic carbocycles. The van der Waals surface area contributed by atoms with Crippen molar-refractivity contribution in [1.29, 1.82) is 0 Å². The van der Waals surface area contributed by atoms with E-state index in [-0.39, 0.29) is 5.69 Å². The number of rotatable bonds is 7. The van der Waals surface area contributed by atoms with Crippen LogP contribution >= 0.6 is 0 Å². The van der Waals surface area contributed by atoms with Gasteiger partial charge in [0, 0.05) is 6.54 Å². The van der Waals surface area contributed by atoms with E-state index in [2.05, 4.69) is 5.32 Å². The fourth-order valence-corrected chi connectivity index (χ4v) is 2.48. The second-order valence-electron chi connectivity index (χ2n) is 4.42. The van der Waals surface area contributed by atoms with E-state index in [1.54, 1.807) is 0 Å². The van der Waals surface area contributed by atoms with Crippen LogP contribution < -0.4 is 9.62 Å². The van der Waals surface area contributed by atoms with E-state index < -0.39 is 28.3 Å². The van der Waals surface area contributed by atoms with Gasteiger partial charge in [0.1, 0.15) is 12.4 Å². The average molecular weight is 302 g/mol. The molecule has 0 saturated heterocycles. The van der Waals surface area contributed by atoms with E-state index >= 15 is 0 Å². The standard InChI is InChI=1S/C13H19FN2O3S/c1-3-4-9-15-13(17)10-16(20(2,18)19)12-8-6-5-7-11(12)14/h5-8H,3-4,9-10H2,1-2H3,(H,15,17). The molecule has 0 fully saturated rings. The van der Waals surface area contributed by atoms with Gasteiger partial charge in [-0.2, -0.15) is 0 Å². The quantitative estimate of drug-likeness (QED) is 0.776. The summed E-state index contributed by atoms with van der Waals surface area (Å²) in [7, 11) is -3.73. The fraction of sp³-hybridized carbons (Fsp3) is 0.462. The predicted octanol–water partition coefficient (Wildman–Crippen LogP) is 1.51. The van der Waals surface area contributed by atoms with Crippen LogP contribution in [0, 0.1) is 5.82 Å². The molecule has 1 aromatic rings. The molecule has 0 unspecified atom stereocenters. The Bertz CT molecular complexity index is 560. The van der Waals surface area contributed by atoms with Crippen molar-refractivity contribution in [1.82, 2.24) is 5.32 Å². The maximum atomic E-state index is 13.7. The summed E-state index contributed by atoms with van der Waals surface area (Å²) in [5, 5.41) is 2.61. The highest BCUT2D eigenvalue weighted by Crippen LogP contribution is 2.20. The Morgan fingerprint density at radius 2 is 2.00 bits per heavy atom. The molecule has 112 valence electrons. The number of sulfonamides is 1.